The first kappa shape index (κ1) is 179. The largest absolute Gasteiger partial charge is 4.00 e. The summed E-state index contributed by atoms with van der Waals surface area (Å²) in [6.07, 6.45) is 0. The first-order valence-corrected chi connectivity index (χ1v) is 0. The van der Waals surface area contributed by atoms with E-state index < -0.39 is 0 Å². The molecule has 9 heteroatoms. The summed E-state index contributed by atoms with van der Waals surface area (Å²) in [6, 6.07) is 0. The molecule has 0 aromatic heterocycles. The van der Waals surface area contributed by atoms with Crippen LogP contribution >= 0.6 is 0 Å². The van der Waals surface area contributed by atoms with Gasteiger partial charge in [-0.1, -0.05) is 0 Å². The molecule has 0 heterocycles. The molecule has 0 aromatic carbocycles. The number of rotatable bonds is 0. The minimum atomic E-state index is 0. The van der Waals surface area contributed by atoms with E-state index in [1.54, 1.807) is 0 Å². The molecule has 0 N–H and O–H groups in total. The van der Waals surface area contributed by atoms with E-state index in [4.69, 9.17) is 0 Å². The molecule has 0 atom stereocenters. The number of hydrogen-bond acceptors (Lipinski definition) is 0. The van der Waals surface area contributed by atoms with Gasteiger partial charge in [0, 0.05) is 0 Å². The summed E-state index contributed by atoms with van der Waals surface area (Å²) in [7, 11) is 0. The van der Waals surface area contributed by atoms with E-state index in [9.17, 15) is 0 Å². The Kier molecular flexibility index (Phi) is 2680. The van der Waals surface area contributed by atoms with E-state index in [1.807, 2.05) is 0 Å². The van der Waals surface area contributed by atoms with Crippen molar-refractivity contribution in [1.29, 1.82) is 0 Å². The van der Waals surface area contributed by atoms with Crippen LogP contribution in [-0.2, 0) is 0 Å². The molecular weight excluding hydrogens is 317 g/mol. The van der Waals surface area contributed by atoms with Crippen molar-refractivity contribution in [3.63, 3.8) is 0 Å². The van der Waals surface area contributed by atoms with Crippen LogP contribution in [-0.4, -0.2) is 102 Å². The van der Waals surface area contributed by atoms with Gasteiger partial charge in [0.1, 0.15) is 0 Å². The van der Waals surface area contributed by atoms with Gasteiger partial charge in [-0.2, -0.15) is 0 Å². The molecule has 0 bridgehead atoms. The molecule has 0 fully saturated rings. The summed E-state index contributed by atoms with van der Waals surface area (Å²) >= 11 is 0. The third-order valence-electron chi connectivity index (χ3n) is 0. The number of hydrogen-bond donors (Lipinski definition) is 0. The molecule has 0 radical (unpaired) electrons. The van der Waals surface area contributed by atoms with E-state index in [0.29, 0.717) is 0 Å². The Hall–Kier alpha value is 2.76. The van der Waals surface area contributed by atoms with Gasteiger partial charge in [0.2, 0.25) is 0 Å². The molecule has 0 saturated carbocycles. The molecule has 0 amide bonds. The van der Waals surface area contributed by atoms with Crippen molar-refractivity contribution in [2.75, 3.05) is 0 Å². The maximum Gasteiger partial charge on any atom is 4.00 e. The van der Waals surface area contributed by atoms with Gasteiger partial charge >= 0.3 is 102 Å². The van der Waals surface area contributed by atoms with E-state index >= 15 is 0 Å². The standard InChI is InChI=1S/6FH.Si.2Sr/h6*1H;;;/q;;;;;;+4;2*+2/p-6. The third-order valence-corrected chi connectivity index (χ3v) is 0. The molecular formula is F6SiSr2+2. The van der Waals surface area contributed by atoms with E-state index in [-0.39, 0.29) is 130 Å². The van der Waals surface area contributed by atoms with Gasteiger partial charge in [-0.05, 0) is 0 Å². The van der Waals surface area contributed by atoms with Crippen LogP contribution in [0, 0.1) is 0 Å². The van der Waals surface area contributed by atoms with Crippen molar-refractivity contribution < 1.29 is 28.2 Å². The van der Waals surface area contributed by atoms with Crippen molar-refractivity contribution in [3.8, 4) is 0 Å². The van der Waals surface area contributed by atoms with Crippen LogP contribution in [0.2, 0.25) is 0 Å². The molecule has 0 aliphatic rings. The van der Waals surface area contributed by atoms with Crippen molar-refractivity contribution in [1.82, 2.24) is 0 Å². The first-order valence-electron chi connectivity index (χ1n) is 0. The summed E-state index contributed by atoms with van der Waals surface area (Å²) in [6.45, 7) is 0. The summed E-state index contributed by atoms with van der Waals surface area (Å²) < 4.78 is 0. The fraction of sp³-hybridized carbons (Fsp3) is 0. The fourth-order valence-electron chi connectivity index (χ4n) is 0. The second-order valence-corrected chi connectivity index (χ2v) is 0. The van der Waals surface area contributed by atoms with Crippen molar-refractivity contribution in [3.05, 3.63) is 0 Å². The fourth-order valence-corrected chi connectivity index (χ4v) is 0. The molecule has 0 spiro atoms. The summed E-state index contributed by atoms with van der Waals surface area (Å²) in [5.41, 5.74) is 0. The predicted octanol–water partition coefficient (Wildman–Crippen LogP) is -19.1. The van der Waals surface area contributed by atoms with Crippen LogP contribution in [0.4, 0.5) is 0 Å². The van der Waals surface area contributed by atoms with Crippen LogP contribution < -0.4 is 28.2 Å². The average molecular weight is 317 g/mol. The predicted molar refractivity (Wildman–Crippen MR) is 17.3 cm³/mol. The van der Waals surface area contributed by atoms with Crippen LogP contribution in [0.3, 0.4) is 0 Å². The van der Waals surface area contributed by atoms with Crippen LogP contribution in [0.1, 0.15) is 0 Å². The molecule has 0 saturated heterocycles. The molecule has 9 heavy (non-hydrogen) atoms. The Bertz CT molecular complexity index is 11.0. The Labute approximate surface area is 127 Å². The first-order chi connectivity index (χ1) is 0. The summed E-state index contributed by atoms with van der Waals surface area (Å²) in [5, 5.41) is 0. The second kappa shape index (κ2) is 135. The maximum absolute atomic E-state index is 0. The molecule has 0 nitrogen and oxygen atoms in total. The van der Waals surface area contributed by atoms with Crippen molar-refractivity contribution in [2.45, 2.75) is 0 Å². The number of halogens is 6. The van der Waals surface area contributed by atoms with Gasteiger partial charge in [0.05, 0.1) is 0 Å². The monoisotopic (exact) mass is 318 g/mol. The normalized spacial score (nSPS) is 0. The molecule has 0 rings (SSSR count). The van der Waals surface area contributed by atoms with Gasteiger partial charge in [-0.25, -0.2) is 0 Å². The minimum Gasteiger partial charge on any atom is -1.00 e. The average Bonchev–Trinajstić information content (AvgIpc) is 0. The van der Waals surface area contributed by atoms with Crippen molar-refractivity contribution in [2.24, 2.45) is 0 Å². The second-order valence-electron chi connectivity index (χ2n) is 0. The van der Waals surface area contributed by atoms with Crippen LogP contribution in [0.25, 0.3) is 0 Å². The zero-order valence-electron chi connectivity index (χ0n) is 4.18. The maximum atomic E-state index is 0. The van der Waals surface area contributed by atoms with E-state index in [2.05, 4.69) is 0 Å². The summed E-state index contributed by atoms with van der Waals surface area (Å²) in [5.74, 6) is 0. The van der Waals surface area contributed by atoms with Crippen LogP contribution in [0.15, 0.2) is 0 Å². The molecule has 0 aliphatic carbocycles. The zero-order valence-corrected chi connectivity index (χ0v) is 12.1. The Morgan fingerprint density at radius 1 is 0.333 bits per heavy atom. The zero-order chi connectivity index (χ0) is 0. The Morgan fingerprint density at radius 2 is 0.333 bits per heavy atom. The third kappa shape index (κ3) is 108. The SMILES string of the molecule is [F-].[F-].[F-].[F-].[F-].[F-].[Si+4].[Sr+2].[Sr+2]. The van der Waals surface area contributed by atoms with Gasteiger partial charge in [0.15, 0.2) is 0 Å². The van der Waals surface area contributed by atoms with Gasteiger partial charge < -0.3 is 28.2 Å². The molecule has 0 aromatic rings. The van der Waals surface area contributed by atoms with Gasteiger partial charge in [-0.15, -0.1) is 0 Å². The molecule has 0 unspecified atom stereocenters. The van der Waals surface area contributed by atoms with Gasteiger partial charge in [-0.3, -0.25) is 0 Å². The Morgan fingerprint density at radius 3 is 0.333 bits per heavy atom. The van der Waals surface area contributed by atoms with Crippen LogP contribution in [0.5, 0.6) is 0 Å². The van der Waals surface area contributed by atoms with E-state index in [1.165, 1.54) is 0 Å². The van der Waals surface area contributed by atoms with Gasteiger partial charge in [0.25, 0.3) is 0 Å². The molecule has 48 valence electrons. The smallest absolute Gasteiger partial charge is 1.00 e. The molecule has 0 aliphatic heterocycles. The van der Waals surface area contributed by atoms with E-state index in [0.717, 1.165) is 0 Å². The summed E-state index contributed by atoms with van der Waals surface area (Å²) in [4.78, 5) is 0. The Balaban J connectivity index is 0. The quantitative estimate of drug-likeness (QED) is 0.308. The minimum absolute atomic E-state index is 0. The topological polar surface area (TPSA) is 0 Å². The van der Waals surface area contributed by atoms with Crippen molar-refractivity contribution >= 4 is 102 Å².